The normalized spacial score (nSPS) is 22.3. The maximum absolute atomic E-state index is 12.6. The Kier molecular flexibility index (Phi) is 5.84. The number of aliphatic imine (C=N–C) groups is 1. The fourth-order valence-electron chi connectivity index (χ4n) is 3.32. The van der Waals surface area contributed by atoms with E-state index in [0.29, 0.717) is 25.1 Å². The van der Waals surface area contributed by atoms with Gasteiger partial charge in [-0.1, -0.05) is 0 Å². The van der Waals surface area contributed by atoms with Crippen LogP contribution in [-0.2, 0) is 21.2 Å². The Balaban J connectivity index is 1.88. The SMILES string of the molecule is CC(=O)N1CCN/C(=C\C(N)=Nc2cc(B3OC(C)(C)C(C)(C)O3)cn(C)c2=O)C1. The lowest BCUT2D eigenvalue weighted by molar-refractivity contribution is -0.128. The molecule has 2 aliphatic rings. The number of amidine groups is 1. The summed E-state index contributed by atoms with van der Waals surface area (Å²) in [6.45, 7) is 11.1. The largest absolute Gasteiger partial charge is 0.496 e. The minimum absolute atomic E-state index is 0.00175. The molecule has 162 valence electrons. The van der Waals surface area contributed by atoms with E-state index in [1.165, 1.54) is 11.5 Å². The number of nitrogens with one attached hydrogen (secondary N) is 1. The number of aryl methyl sites for hydroxylation is 1. The van der Waals surface area contributed by atoms with Gasteiger partial charge in [-0.15, -0.1) is 0 Å². The van der Waals surface area contributed by atoms with Crippen molar-refractivity contribution in [2.24, 2.45) is 17.8 Å². The minimum Gasteiger partial charge on any atom is -0.399 e. The number of pyridine rings is 1. The lowest BCUT2D eigenvalue weighted by Gasteiger charge is -2.32. The number of nitrogens with two attached hydrogens (primary N) is 1. The molecule has 0 atom stereocenters. The van der Waals surface area contributed by atoms with Crippen LogP contribution >= 0.6 is 0 Å². The molecule has 0 bridgehead atoms. The van der Waals surface area contributed by atoms with Gasteiger partial charge in [-0.2, -0.15) is 0 Å². The van der Waals surface area contributed by atoms with Crippen molar-refractivity contribution in [2.75, 3.05) is 19.6 Å². The van der Waals surface area contributed by atoms with Crippen LogP contribution < -0.4 is 22.1 Å². The third-order valence-electron chi connectivity index (χ3n) is 5.82. The van der Waals surface area contributed by atoms with Gasteiger partial charge in [0.1, 0.15) is 11.5 Å². The zero-order valence-corrected chi connectivity index (χ0v) is 18.5. The van der Waals surface area contributed by atoms with Gasteiger partial charge in [-0.05, 0) is 33.8 Å². The van der Waals surface area contributed by atoms with Gasteiger partial charge in [0.05, 0.1) is 17.7 Å². The highest BCUT2D eigenvalue weighted by Gasteiger charge is 2.51. The van der Waals surface area contributed by atoms with Crippen LogP contribution in [-0.4, -0.2) is 59.2 Å². The lowest BCUT2D eigenvalue weighted by atomic mass is 9.80. The van der Waals surface area contributed by atoms with Gasteiger partial charge >= 0.3 is 7.12 Å². The molecular formula is C20H30BN5O4. The highest BCUT2D eigenvalue weighted by molar-refractivity contribution is 6.62. The van der Waals surface area contributed by atoms with Crippen LogP contribution in [0.2, 0.25) is 0 Å². The Hall–Kier alpha value is -2.59. The van der Waals surface area contributed by atoms with Crippen LogP contribution in [0.3, 0.4) is 0 Å². The van der Waals surface area contributed by atoms with Gasteiger partial charge in [0.2, 0.25) is 5.91 Å². The fraction of sp³-hybridized carbons (Fsp3) is 0.550. The molecule has 30 heavy (non-hydrogen) atoms. The predicted octanol–water partition coefficient (Wildman–Crippen LogP) is 0.00880. The number of carbonyl (C=O) groups is 1. The van der Waals surface area contributed by atoms with E-state index < -0.39 is 18.3 Å². The first-order valence-corrected chi connectivity index (χ1v) is 10.00. The topological polar surface area (TPSA) is 111 Å². The number of hydrogen-bond acceptors (Lipinski definition) is 6. The first-order chi connectivity index (χ1) is 13.9. The van der Waals surface area contributed by atoms with Gasteiger partial charge in [0, 0.05) is 50.5 Å². The summed E-state index contributed by atoms with van der Waals surface area (Å²) in [7, 11) is 1.04. The summed E-state index contributed by atoms with van der Waals surface area (Å²) < 4.78 is 13.6. The van der Waals surface area contributed by atoms with Crippen LogP contribution in [0.25, 0.3) is 0 Å². The van der Waals surface area contributed by atoms with Crippen molar-refractivity contribution >= 4 is 30.0 Å². The highest BCUT2D eigenvalue weighted by Crippen LogP contribution is 2.36. The molecule has 0 radical (unpaired) electrons. The van der Waals surface area contributed by atoms with Gasteiger partial charge in [-0.25, -0.2) is 4.99 Å². The summed E-state index contributed by atoms with van der Waals surface area (Å²) >= 11 is 0. The van der Waals surface area contributed by atoms with Crippen molar-refractivity contribution in [1.29, 1.82) is 0 Å². The van der Waals surface area contributed by atoms with Crippen LogP contribution in [0.5, 0.6) is 0 Å². The molecule has 1 aromatic heterocycles. The van der Waals surface area contributed by atoms with E-state index >= 15 is 0 Å². The Bertz CT molecular complexity index is 950. The van der Waals surface area contributed by atoms with Crippen molar-refractivity contribution in [3.05, 3.63) is 34.4 Å². The Morgan fingerprint density at radius 3 is 2.53 bits per heavy atom. The zero-order chi connectivity index (χ0) is 22.3. The van der Waals surface area contributed by atoms with Crippen molar-refractivity contribution in [2.45, 2.75) is 45.8 Å². The van der Waals surface area contributed by atoms with E-state index in [0.717, 1.165) is 5.70 Å². The molecule has 2 aliphatic heterocycles. The first-order valence-electron chi connectivity index (χ1n) is 10.00. The summed E-state index contributed by atoms with van der Waals surface area (Å²) in [5.74, 6) is 0.174. The second kappa shape index (κ2) is 7.92. The number of rotatable bonds is 3. The third kappa shape index (κ3) is 4.44. The number of aromatic nitrogens is 1. The Morgan fingerprint density at radius 1 is 1.30 bits per heavy atom. The summed E-state index contributed by atoms with van der Waals surface area (Å²) in [5, 5.41) is 3.20. The number of piperazine rings is 1. The molecule has 0 saturated carbocycles. The van der Waals surface area contributed by atoms with Crippen LogP contribution in [0.4, 0.5) is 5.69 Å². The molecule has 9 nitrogen and oxygen atoms in total. The molecular weight excluding hydrogens is 385 g/mol. The van der Waals surface area contributed by atoms with E-state index in [2.05, 4.69) is 10.3 Å². The third-order valence-corrected chi connectivity index (χ3v) is 5.82. The molecule has 3 heterocycles. The second-order valence-corrected chi connectivity index (χ2v) is 8.74. The van der Waals surface area contributed by atoms with Crippen LogP contribution in [0, 0.1) is 0 Å². The molecule has 2 fully saturated rings. The fourth-order valence-corrected chi connectivity index (χ4v) is 3.32. The van der Waals surface area contributed by atoms with Crippen molar-refractivity contribution in [1.82, 2.24) is 14.8 Å². The quantitative estimate of drug-likeness (QED) is 0.409. The summed E-state index contributed by atoms with van der Waals surface area (Å²) in [6.07, 6.45) is 3.33. The molecule has 0 aromatic carbocycles. The van der Waals surface area contributed by atoms with Crippen LogP contribution in [0.1, 0.15) is 34.6 Å². The van der Waals surface area contributed by atoms with E-state index in [9.17, 15) is 9.59 Å². The standard InChI is InChI=1S/C20H30BN5O4/c1-13(27)26-8-7-23-15(12-26)10-17(22)24-16-9-14(11-25(6)18(16)28)21-29-19(2,3)20(4,5)30-21/h9-11,23H,7-8,12H2,1-6H3,(H2,22,24)/b15-10-. The average Bonchev–Trinajstić information content (AvgIpc) is 2.86. The van der Waals surface area contributed by atoms with E-state index in [1.54, 1.807) is 30.3 Å². The second-order valence-electron chi connectivity index (χ2n) is 8.74. The molecule has 10 heteroatoms. The molecule has 0 unspecified atom stereocenters. The molecule has 3 rings (SSSR count). The Morgan fingerprint density at radius 2 is 1.93 bits per heavy atom. The molecule has 2 saturated heterocycles. The first kappa shape index (κ1) is 22.1. The summed E-state index contributed by atoms with van der Waals surface area (Å²) in [5.41, 5.74) is 6.48. The predicted molar refractivity (Wildman–Crippen MR) is 117 cm³/mol. The molecule has 1 aromatic rings. The number of hydrogen-bond donors (Lipinski definition) is 2. The van der Waals surface area contributed by atoms with Crippen molar-refractivity contribution in [3.63, 3.8) is 0 Å². The van der Waals surface area contributed by atoms with Gasteiger partial charge in [0.25, 0.3) is 5.56 Å². The van der Waals surface area contributed by atoms with Crippen LogP contribution in [0.15, 0.2) is 33.8 Å². The maximum Gasteiger partial charge on any atom is 0.496 e. The van der Waals surface area contributed by atoms with E-state index in [4.69, 9.17) is 15.0 Å². The van der Waals surface area contributed by atoms with Crippen molar-refractivity contribution < 1.29 is 14.1 Å². The number of amides is 1. The molecule has 0 spiro atoms. The van der Waals surface area contributed by atoms with Gasteiger partial charge in [0.15, 0.2) is 0 Å². The number of nitrogens with zero attached hydrogens (tertiary/aromatic N) is 3. The Labute approximate surface area is 177 Å². The lowest BCUT2D eigenvalue weighted by Crippen LogP contribution is -2.44. The molecule has 3 N–H and O–H groups in total. The maximum atomic E-state index is 12.6. The average molecular weight is 415 g/mol. The summed E-state index contributed by atoms with van der Waals surface area (Å²) in [4.78, 5) is 30.2. The smallest absolute Gasteiger partial charge is 0.399 e. The highest BCUT2D eigenvalue weighted by atomic mass is 16.7. The zero-order valence-electron chi connectivity index (χ0n) is 18.5. The molecule has 0 aliphatic carbocycles. The monoisotopic (exact) mass is 415 g/mol. The van der Waals surface area contributed by atoms with Crippen molar-refractivity contribution in [3.8, 4) is 0 Å². The van der Waals surface area contributed by atoms with Gasteiger partial charge in [-0.3, -0.25) is 9.59 Å². The van der Waals surface area contributed by atoms with E-state index in [-0.39, 0.29) is 23.0 Å². The number of carbonyl (C=O) groups excluding carboxylic acids is 1. The van der Waals surface area contributed by atoms with E-state index in [1.807, 2.05) is 27.7 Å². The van der Waals surface area contributed by atoms with Gasteiger partial charge < -0.3 is 29.8 Å². The minimum atomic E-state index is -0.612. The molecule has 1 amide bonds. The summed E-state index contributed by atoms with van der Waals surface area (Å²) in [6, 6.07) is 1.64.